The standard InChI is InChI=1S/C21H22FN5OS/c1-15-23-20(25-24-15)14-26-10-12-27(13-11-26)21(28)9-7-18-6-8-19(29-18)16-2-4-17(22)5-3-16/h2-9H,10-14H2,1H3,(H,23,24,25)/b9-7+. The molecule has 0 bridgehead atoms. The first kappa shape index (κ1) is 19.5. The SMILES string of the molecule is Cc1nc(CN2CCN(C(=O)/C=C/c3ccc(-c4ccc(F)cc4)s3)CC2)n[nH]1. The minimum atomic E-state index is -0.244. The molecule has 6 nitrogen and oxygen atoms in total. The normalized spacial score (nSPS) is 15.3. The summed E-state index contributed by atoms with van der Waals surface area (Å²) in [6.45, 7) is 5.58. The summed E-state index contributed by atoms with van der Waals surface area (Å²) >= 11 is 1.58. The van der Waals surface area contributed by atoms with Crippen molar-refractivity contribution in [2.75, 3.05) is 26.2 Å². The predicted octanol–water partition coefficient (Wildman–Crippen LogP) is 3.34. The third-order valence-corrected chi connectivity index (χ3v) is 5.94. The molecule has 0 radical (unpaired) electrons. The summed E-state index contributed by atoms with van der Waals surface area (Å²) in [5.41, 5.74) is 0.972. The van der Waals surface area contributed by atoms with Crippen molar-refractivity contribution in [3.8, 4) is 10.4 Å². The van der Waals surface area contributed by atoms with E-state index in [1.165, 1.54) is 12.1 Å². The molecule has 150 valence electrons. The van der Waals surface area contributed by atoms with Crippen molar-refractivity contribution >= 4 is 23.3 Å². The van der Waals surface area contributed by atoms with Gasteiger partial charge in [-0.15, -0.1) is 11.3 Å². The molecule has 4 rings (SSSR count). The molecule has 2 aromatic heterocycles. The minimum absolute atomic E-state index is 0.0233. The number of rotatable bonds is 5. The van der Waals surface area contributed by atoms with E-state index in [4.69, 9.17) is 0 Å². The zero-order valence-corrected chi connectivity index (χ0v) is 17.0. The van der Waals surface area contributed by atoms with Gasteiger partial charge in [-0.2, -0.15) is 5.10 Å². The van der Waals surface area contributed by atoms with Gasteiger partial charge < -0.3 is 4.90 Å². The van der Waals surface area contributed by atoms with Gasteiger partial charge in [0.1, 0.15) is 11.6 Å². The first-order valence-corrected chi connectivity index (χ1v) is 10.3. The second kappa shape index (κ2) is 8.67. The third kappa shape index (κ3) is 4.96. The molecule has 0 aliphatic carbocycles. The molecular weight excluding hydrogens is 389 g/mol. The molecule has 1 saturated heterocycles. The van der Waals surface area contributed by atoms with Gasteiger partial charge >= 0.3 is 0 Å². The van der Waals surface area contributed by atoms with Crippen LogP contribution in [0.3, 0.4) is 0 Å². The molecule has 1 aromatic carbocycles. The van der Waals surface area contributed by atoms with Gasteiger partial charge in [-0.1, -0.05) is 12.1 Å². The Labute approximate surface area is 172 Å². The Bertz CT molecular complexity index is 1000. The lowest BCUT2D eigenvalue weighted by molar-refractivity contribution is -0.127. The quantitative estimate of drug-likeness (QED) is 0.654. The van der Waals surface area contributed by atoms with Crippen LogP contribution in [-0.4, -0.2) is 57.1 Å². The Morgan fingerprint density at radius 1 is 1.17 bits per heavy atom. The number of nitrogens with one attached hydrogen (secondary N) is 1. The average molecular weight is 412 g/mol. The topological polar surface area (TPSA) is 65.1 Å². The number of benzene rings is 1. The highest BCUT2D eigenvalue weighted by molar-refractivity contribution is 7.16. The van der Waals surface area contributed by atoms with E-state index in [1.807, 2.05) is 30.0 Å². The van der Waals surface area contributed by atoms with Gasteiger partial charge in [0.2, 0.25) is 5.91 Å². The molecule has 0 spiro atoms. The highest BCUT2D eigenvalue weighted by atomic mass is 32.1. The zero-order valence-electron chi connectivity index (χ0n) is 16.1. The molecule has 1 aliphatic heterocycles. The summed E-state index contributed by atoms with van der Waals surface area (Å²) in [7, 11) is 0. The molecule has 3 aromatic rings. The van der Waals surface area contributed by atoms with Crippen LogP contribution in [0.5, 0.6) is 0 Å². The van der Waals surface area contributed by atoms with Crippen molar-refractivity contribution in [2.24, 2.45) is 0 Å². The number of amides is 1. The van der Waals surface area contributed by atoms with Gasteiger partial charge in [0, 0.05) is 42.0 Å². The van der Waals surface area contributed by atoms with Crippen LogP contribution >= 0.6 is 11.3 Å². The first-order valence-electron chi connectivity index (χ1n) is 9.50. The predicted molar refractivity (Wildman–Crippen MR) is 112 cm³/mol. The fourth-order valence-corrected chi connectivity index (χ4v) is 4.17. The molecule has 1 aliphatic rings. The number of aryl methyl sites for hydroxylation is 1. The first-order chi connectivity index (χ1) is 14.1. The lowest BCUT2D eigenvalue weighted by Crippen LogP contribution is -2.47. The van der Waals surface area contributed by atoms with E-state index in [0.717, 1.165) is 40.1 Å². The molecular formula is C21H22FN5OS. The number of H-pyrrole nitrogens is 1. The highest BCUT2D eigenvalue weighted by Crippen LogP contribution is 2.29. The number of carbonyl (C=O) groups is 1. The van der Waals surface area contributed by atoms with Crippen molar-refractivity contribution in [1.82, 2.24) is 25.0 Å². The number of halogens is 1. The number of nitrogens with zero attached hydrogens (tertiary/aromatic N) is 4. The number of carbonyl (C=O) groups excluding carboxylic acids is 1. The van der Waals surface area contributed by atoms with E-state index in [1.54, 1.807) is 29.5 Å². The van der Waals surface area contributed by atoms with Crippen LogP contribution in [0.4, 0.5) is 4.39 Å². The summed E-state index contributed by atoms with van der Waals surface area (Å²) < 4.78 is 13.1. The number of piperazine rings is 1. The lowest BCUT2D eigenvalue weighted by atomic mass is 10.2. The monoisotopic (exact) mass is 411 g/mol. The van der Waals surface area contributed by atoms with Crippen LogP contribution < -0.4 is 0 Å². The summed E-state index contributed by atoms with van der Waals surface area (Å²) in [6, 6.07) is 10.4. The summed E-state index contributed by atoms with van der Waals surface area (Å²) in [4.78, 5) is 23.0. The van der Waals surface area contributed by atoms with Crippen LogP contribution in [0.15, 0.2) is 42.5 Å². The molecule has 3 heterocycles. The van der Waals surface area contributed by atoms with Crippen LogP contribution in [-0.2, 0) is 11.3 Å². The fourth-order valence-electron chi connectivity index (χ4n) is 3.26. The second-order valence-corrected chi connectivity index (χ2v) is 8.10. The summed E-state index contributed by atoms with van der Waals surface area (Å²) in [5.74, 6) is 1.38. The summed E-state index contributed by atoms with van der Waals surface area (Å²) in [5, 5.41) is 7.02. The Balaban J connectivity index is 1.29. The molecule has 1 fully saturated rings. The minimum Gasteiger partial charge on any atom is -0.337 e. The molecule has 0 saturated carbocycles. The Hall–Kier alpha value is -2.84. The smallest absolute Gasteiger partial charge is 0.246 e. The van der Waals surface area contributed by atoms with Gasteiger partial charge in [0.15, 0.2) is 5.82 Å². The van der Waals surface area contributed by atoms with Gasteiger partial charge in [-0.25, -0.2) is 9.37 Å². The van der Waals surface area contributed by atoms with E-state index in [2.05, 4.69) is 20.1 Å². The fraction of sp³-hybridized carbons (Fsp3) is 0.286. The lowest BCUT2D eigenvalue weighted by Gasteiger charge is -2.33. The third-order valence-electron chi connectivity index (χ3n) is 4.84. The second-order valence-electron chi connectivity index (χ2n) is 6.98. The molecule has 0 atom stereocenters. The van der Waals surface area contributed by atoms with E-state index in [0.29, 0.717) is 19.6 Å². The Morgan fingerprint density at radius 2 is 1.93 bits per heavy atom. The molecule has 0 unspecified atom stereocenters. The van der Waals surface area contributed by atoms with Crippen molar-refractivity contribution < 1.29 is 9.18 Å². The maximum absolute atomic E-state index is 13.1. The zero-order chi connectivity index (χ0) is 20.2. The molecule has 1 amide bonds. The van der Waals surface area contributed by atoms with E-state index in [9.17, 15) is 9.18 Å². The maximum Gasteiger partial charge on any atom is 0.246 e. The van der Waals surface area contributed by atoms with Gasteiger partial charge in [0.05, 0.1) is 6.54 Å². The van der Waals surface area contributed by atoms with E-state index in [-0.39, 0.29) is 11.7 Å². The van der Waals surface area contributed by atoms with Gasteiger partial charge in [-0.05, 0) is 42.8 Å². The number of aromatic amines is 1. The van der Waals surface area contributed by atoms with E-state index < -0.39 is 0 Å². The molecule has 8 heteroatoms. The van der Waals surface area contributed by atoms with Crippen LogP contribution in [0.1, 0.15) is 16.5 Å². The Kier molecular flexibility index (Phi) is 5.82. The number of aromatic nitrogens is 3. The summed E-state index contributed by atoms with van der Waals surface area (Å²) in [6.07, 6.45) is 3.48. The molecule has 1 N–H and O–H groups in total. The van der Waals surface area contributed by atoms with Gasteiger partial charge in [-0.3, -0.25) is 14.8 Å². The maximum atomic E-state index is 13.1. The van der Waals surface area contributed by atoms with Crippen LogP contribution in [0.25, 0.3) is 16.5 Å². The largest absolute Gasteiger partial charge is 0.337 e. The van der Waals surface area contributed by atoms with Crippen molar-refractivity contribution in [1.29, 1.82) is 0 Å². The van der Waals surface area contributed by atoms with Crippen LogP contribution in [0.2, 0.25) is 0 Å². The average Bonchev–Trinajstić information content (AvgIpc) is 3.36. The van der Waals surface area contributed by atoms with Crippen molar-refractivity contribution in [3.05, 3.63) is 64.8 Å². The van der Waals surface area contributed by atoms with Crippen LogP contribution in [0, 0.1) is 12.7 Å². The molecule has 29 heavy (non-hydrogen) atoms. The Morgan fingerprint density at radius 3 is 2.62 bits per heavy atom. The highest BCUT2D eigenvalue weighted by Gasteiger charge is 2.20. The van der Waals surface area contributed by atoms with Crippen molar-refractivity contribution in [3.63, 3.8) is 0 Å². The van der Waals surface area contributed by atoms with Crippen molar-refractivity contribution in [2.45, 2.75) is 13.5 Å². The number of hydrogen-bond donors (Lipinski definition) is 1. The number of hydrogen-bond acceptors (Lipinski definition) is 5. The van der Waals surface area contributed by atoms with E-state index >= 15 is 0 Å². The number of thiophene rings is 1. The van der Waals surface area contributed by atoms with Gasteiger partial charge in [0.25, 0.3) is 0 Å².